The zero-order chi connectivity index (χ0) is 11.5. The number of carboxylic acid groups (broad SMARTS) is 1. The highest BCUT2D eigenvalue weighted by Crippen LogP contribution is 2.38. The highest BCUT2D eigenvalue weighted by Gasteiger charge is 2.41. The van der Waals surface area contributed by atoms with Gasteiger partial charge in [-0.2, -0.15) is 0 Å². The van der Waals surface area contributed by atoms with Gasteiger partial charge < -0.3 is 10.0 Å². The third-order valence-corrected chi connectivity index (χ3v) is 3.26. The second-order valence-corrected chi connectivity index (χ2v) is 5.38. The first-order valence-electron chi connectivity index (χ1n) is 5.88. The Morgan fingerprint density at radius 3 is 2.33 bits per heavy atom. The first kappa shape index (κ1) is 12.5. The standard InChI is InChI=1S/C12H23NO2/c1-10(2)8-13(3)9-12(11(14)15)6-4-5-7-12/h10H,4-9H2,1-3H3,(H,14,15). The molecule has 0 saturated heterocycles. The van der Waals surface area contributed by atoms with E-state index in [-0.39, 0.29) is 0 Å². The predicted molar refractivity (Wildman–Crippen MR) is 60.9 cm³/mol. The van der Waals surface area contributed by atoms with Crippen LogP contribution in [0.2, 0.25) is 0 Å². The Morgan fingerprint density at radius 2 is 1.93 bits per heavy atom. The molecule has 3 nitrogen and oxygen atoms in total. The van der Waals surface area contributed by atoms with Gasteiger partial charge >= 0.3 is 5.97 Å². The molecule has 0 spiro atoms. The first-order chi connectivity index (χ1) is 6.96. The molecule has 1 aliphatic rings. The Balaban J connectivity index is 2.55. The minimum Gasteiger partial charge on any atom is -0.481 e. The largest absolute Gasteiger partial charge is 0.481 e. The Labute approximate surface area is 92.5 Å². The molecule has 3 heteroatoms. The molecule has 0 aromatic rings. The summed E-state index contributed by atoms with van der Waals surface area (Å²) in [5, 5.41) is 9.32. The molecule has 0 heterocycles. The summed E-state index contributed by atoms with van der Waals surface area (Å²) >= 11 is 0. The average Bonchev–Trinajstić information content (AvgIpc) is 2.52. The lowest BCUT2D eigenvalue weighted by molar-refractivity contribution is -0.149. The minimum atomic E-state index is -0.601. The Bertz CT molecular complexity index is 220. The summed E-state index contributed by atoms with van der Waals surface area (Å²) in [5.74, 6) is -0.00199. The number of hydrogen-bond donors (Lipinski definition) is 1. The topological polar surface area (TPSA) is 40.5 Å². The number of carboxylic acids is 1. The fraction of sp³-hybridized carbons (Fsp3) is 0.917. The lowest BCUT2D eigenvalue weighted by Crippen LogP contribution is -2.41. The van der Waals surface area contributed by atoms with Crippen LogP contribution in [0.3, 0.4) is 0 Å². The van der Waals surface area contributed by atoms with Gasteiger partial charge in [-0.1, -0.05) is 26.7 Å². The van der Waals surface area contributed by atoms with Gasteiger partial charge in [0.15, 0.2) is 0 Å². The van der Waals surface area contributed by atoms with Crippen molar-refractivity contribution in [3.05, 3.63) is 0 Å². The molecule has 0 aromatic carbocycles. The molecule has 1 aliphatic carbocycles. The van der Waals surface area contributed by atoms with E-state index in [2.05, 4.69) is 18.7 Å². The summed E-state index contributed by atoms with van der Waals surface area (Å²) < 4.78 is 0. The van der Waals surface area contributed by atoms with Crippen LogP contribution < -0.4 is 0 Å². The van der Waals surface area contributed by atoms with E-state index >= 15 is 0 Å². The molecule has 0 aliphatic heterocycles. The van der Waals surface area contributed by atoms with Crippen LogP contribution in [0, 0.1) is 11.3 Å². The van der Waals surface area contributed by atoms with E-state index in [1.165, 1.54) is 0 Å². The number of nitrogens with zero attached hydrogens (tertiary/aromatic N) is 1. The molecule has 1 saturated carbocycles. The molecular weight excluding hydrogens is 190 g/mol. The van der Waals surface area contributed by atoms with Crippen molar-refractivity contribution in [2.75, 3.05) is 20.1 Å². The second kappa shape index (κ2) is 4.97. The molecule has 0 aromatic heterocycles. The van der Waals surface area contributed by atoms with Crippen molar-refractivity contribution in [3.8, 4) is 0 Å². The summed E-state index contributed by atoms with van der Waals surface area (Å²) in [7, 11) is 2.03. The maximum absolute atomic E-state index is 11.3. The fourth-order valence-corrected chi connectivity index (χ4v) is 2.70. The van der Waals surface area contributed by atoms with Crippen LogP contribution in [-0.2, 0) is 4.79 Å². The van der Waals surface area contributed by atoms with Crippen LogP contribution in [-0.4, -0.2) is 36.1 Å². The summed E-state index contributed by atoms with van der Waals surface area (Å²) in [6, 6.07) is 0. The van der Waals surface area contributed by atoms with Crippen molar-refractivity contribution < 1.29 is 9.90 Å². The summed E-state index contributed by atoms with van der Waals surface area (Å²) in [4.78, 5) is 13.5. The molecule has 0 unspecified atom stereocenters. The van der Waals surface area contributed by atoms with E-state index in [1.54, 1.807) is 0 Å². The van der Waals surface area contributed by atoms with Crippen molar-refractivity contribution >= 4 is 5.97 Å². The maximum Gasteiger partial charge on any atom is 0.310 e. The number of aliphatic carboxylic acids is 1. The van der Waals surface area contributed by atoms with Crippen LogP contribution in [0.15, 0.2) is 0 Å². The SMILES string of the molecule is CC(C)CN(C)CC1(C(=O)O)CCCC1. The molecule has 0 bridgehead atoms. The van der Waals surface area contributed by atoms with E-state index in [9.17, 15) is 9.90 Å². The molecule has 1 fully saturated rings. The minimum absolute atomic E-state index is 0.455. The van der Waals surface area contributed by atoms with Gasteiger partial charge in [-0.3, -0.25) is 4.79 Å². The van der Waals surface area contributed by atoms with Gasteiger partial charge in [0, 0.05) is 13.1 Å². The van der Waals surface area contributed by atoms with Crippen molar-refractivity contribution in [3.63, 3.8) is 0 Å². The number of carbonyl (C=O) groups is 1. The van der Waals surface area contributed by atoms with E-state index < -0.39 is 11.4 Å². The van der Waals surface area contributed by atoms with Crippen LogP contribution in [0.1, 0.15) is 39.5 Å². The van der Waals surface area contributed by atoms with Crippen molar-refractivity contribution in [1.29, 1.82) is 0 Å². The highest BCUT2D eigenvalue weighted by atomic mass is 16.4. The number of rotatable bonds is 5. The molecular formula is C12H23NO2. The zero-order valence-corrected chi connectivity index (χ0v) is 10.1. The van der Waals surface area contributed by atoms with Gasteiger partial charge in [0.1, 0.15) is 0 Å². The van der Waals surface area contributed by atoms with E-state index in [1.807, 2.05) is 7.05 Å². The van der Waals surface area contributed by atoms with Gasteiger partial charge in [0.2, 0.25) is 0 Å². The predicted octanol–water partition coefficient (Wildman–Crippen LogP) is 2.22. The van der Waals surface area contributed by atoms with Gasteiger partial charge in [-0.25, -0.2) is 0 Å². The van der Waals surface area contributed by atoms with E-state index in [0.29, 0.717) is 12.5 Å². The normalized spacial score (nSPS) is 20.1. The van der Waals surface area contributed by atoms with Crippen molar-refractivity contribution in [1.82, 2.24) is 4.90 Å². The molecule has 0 amide bonds. The Kier molecular flexibility index (Phi) is 4.14. The van der Waals surface area contributed by atoms with Gasteiger partial charge in [0.25, 0.3) is 0 Å². The van der Waals surface area contributed by atoms with Crippen LogP contribution in [0.5, 0.6) is 0 Å². The average molecular weight is 213 g/mol. The van der Waals surface area contributed by atoms with Gasteiger partial charge in [-0.05, 0) is 25.8 Å². The lowest BCUT2D eigenvalue weighted by atomic mass is 9.85. The first-order valence-corrected chi connectivity index (χ1v) is 5.88. The third kappa shape index (κ3) is 3.20. The van der Waals surface area contributed by atoms with Crippen molar-refractivity contribution in [2.45, 2.75) is 39.5 Å². The van der Waals surface area contributed by atoms with Crippen LogP contribution in [0.4, 0.5) is 0 Å². The van der Waals surface area contributed by atoms with E-state index in [4.69, 9.17) is 0 Å². The molecule has 0 atom stereocenters. The van der Waals surface area contributed by atoms with E-state index in [0.717, 1.165) is 32.2 Å². The fourth-order valence-electron chi connectivity index (χ4n) is 2.70. The third-order valence-electron chi connectivity index (χ3n) is 3.26. The van der Waals surface area contributed by atoms with Crippen LogP contribution in [0.25, 0.3) is 0 Å². The summed E-state index contributed by atoms with van der Waals surface area (Å²) in [5.41, 5.74) is -0.455. The molecule has 1 rings (SSSR count). The number of hydrogen-bond acceptors (Lipinski definition) is 2. The molecule has 1 N–H and O–H groups in total. The highest BCUT2D eigenvalue weighted by molar-refractivity contribution is 5.75. The maximum atomic E-state index is 11.3. The molecule has 15 heavy (non-hydrogen) atoms. The van der Waals surface area contributed by atoms with Gasteiger partial charge in [-0.15, -0.1) is 0 Å². The molecule has 0 radical (unpaired) electrons. The summed E-state index contributed by atoms with van der Waals surface area (Å²) in [6.45, 7) is 6.02. The Hall–Kier alpha value is -0.570. The second-order valence-electron chi connectivity index (χ2n) is 5.38. The monoisotopic (exact) mass is 213 g/mol. The smallest absolute Gasteiger partial charge is 0.310 e. The summed E-state index contributed by atoms with van der Waals surface area (Å²) in [6.07, 6.45) is 3.85. The zero-order valence-electron chi connectivity index (χ0n) is 10.1. The quantitative estimate of drug-likeness (QED) is 0.761. The Morgan fingerprint density at radius 1 is 1.40 bits per heavy atom. The van der Waals surface area contributed by atoms with Gasteiger partial charge in [0.05, 0.1) is 5.41 Å². The van der Waals surface area contributed by atoms with Crippen LogP contribution >= 0.6 is 0 Å². The lowest BCUT2D eigenvalue weighted by Gasteiger charge is -2.30. The molecule has 88 valence electrons. The van der Waals surface area contributed by atoms with Crippen molar-refractivity contribution in [2.24, 2.45) is 11.3 Å².